The van der Waals surface area contributed by atoms with Crippen LogP contribution in [0.5, 0.6) is 0 Å². The largest absolute Gasteiger partial charge is 0.464 e. The molecule has 2 aliphatic rings. The lowest BCUT2D eigenvalue weighted by Crippen LogP contribution is -2.48. The van der Waals surface area contributed by atoms with E-state index >= 15 is 0 Å². The maximum atomic E-state index is 12.5. The highest BCUT2D eigenvalue weighted by molar-refractivity contribution is 5.93. The van der Waals surface area contributed by atoms with Crippen molar-refractivity contribution in [3.63, 3.8) is 0 Å². The van der Waals surface area contributed by atoms with Gasteiger partial charge in [0.1, 0.15) is 12.1 Å². The molecule has 1 aliphatic carbocycles. The maximum absolute atomic E-state index is 12.5. The first kappa shape index (κ1) is 23.3. The summed E-state index contributed by atoms with van der Waals surface area (Å²) in [6.07, 6.45) is 1.07. The highest BCUT2D eigenvalue weighted by atomic mass is 16.5. The van der Waals surface area contributed by atoms with Crippen LogP contribution in [0.15, 0.2) is 0 Å². The standard InChI is InChI=1S/C20H34N4O5.2H2/c1-11(2)8-29-20(27)15(22)5-4-6-23-18(25)16(7-12(3)21)24-19(26)17-13-9-28-10-14(13)17;;/h11,13-17,21H,4-10,22H2,1-3H3,(H,23,25)(H,24,26);2*1H/t13-,14+,15-,16-,17?;;/m0../s1. The molecule has 0 bridgehead atoms. The summed E-state index contributed by atoms with van der Waals surface area (Å²) in [5.41, 5.74) is 6.13. The molecule has 9 heteroatoms. The molecule has 0 aromatic carbocycles. The van der Waals surface area contributed by atoms with Crippen molar-refractivity contribution in [1.82, 2.24) is 10.6 Å². The Morgan fingerprint density at radius 1 is 1.28 bits per heavy atom. The Kier molecular flexibility index (Phi) is 8.58. The molecule has 1 saturated heterocycles. The second-order valence-corrected chi connectivity index (χ2v) is 8.50. The zero-order chi connectivity index (χ0) is 21.6. The molecule has 2 amide bonds. The van der Waals surface area contributed by atoms with Crippen LogP contribution in [0.25, 0.3) is 0 Å². The van der Waals surface area contributed by atoms with Crippen LogP contribution >= 0.6 is 0 Å². The molecule has 5 atom stereocenters. The summed E-state index contributed by atoms with van der Waals surface area (Å²) in [7, 11) is 0. The van der Waals surface area contributed by atoms with E-state index < -0.39 is 18.1 Å². The number of amides is 2. The van der Waals surface area contributed by atoms with Crippen LogP contribution in [0, 0.1) is 29.1 Å². The van der Waals surface area contributed by atoms with Gasteiger partial charge in [-0.25, -0.2) is 0 Å². The van der Waals surface area contributed by atoms with Gasteiger partial charge in [0.2, 0.25) is 11.8 Å². The fraction of sp³-hybridized carbons (Fsp3) is 0.800. The molecule has 29 heavy (non-hydrogen) atoms. The number of hydrogen-bond acceptors (Lipinski definition) is 7. The number of carbonyl (C=O) groups is 3. The molecule has 0 spiro atoms. The summed E-state index contributed by atoms with van der Waals surface area (Å²) in [5, 5.41) is 13.2. The predicted molar refractivity (Wildman–Crippen MR) is 111 cm³/mol. The summed E-state index contributed by atoms with van der Waals surface area (Å²) < 4.78 is 10.4. The van der Waals surface area contributed by atoms with Crippen molar-refractivity contribution in [2.24, 2.45) is 29.4 Å². The van der Waals surface area contributed by atoms with Crippen LogP contribution in [0.1, 0.15) is 42.9 Å². The number of nitrogens with two attached hydrogens (primary N) is 1. The number of ether oxygens (including phenoxy) is 2. The molecule has 1 unspecified atom stereocenters. The van der Waals surface area contributed by atoms with Gasteiger partial charge >= 0.3 is 5.97 Å². The molecule has 5 N–H and O–H groups in total. The predicted octanol–water partition coefficient (Wildman–Crippen LogP) is 0.708. The molecule has 1 saturated carbocycles. The molecular formula is C20H38N4O5. The lowest BCUT2D eigenvalue weighted by molar-refractivity contribution is -0.146. The van der Waals surface area contributed by atoms with Crippen LogP contribution < -0.4 is 16.4 Å². The summed E-state index contributed by atoms with van der Waals surface area (Å²) in [6.45, 7) is 7.37. The quantitative estimate of drug-likeness (QED) is 0.210. The van der Waals surface area contributed by atoms with E-state index in [0.29, 0.717) is 44.9 Å². The van der Waals surface area contributed by atoms with Gasteiger partial charge in [0.25, 0.3) is 0 Å². The molecule has 1 heterocycles. The van der Waals surface area contributed by atoms with Crippen molar-refractivity contribution in [3.8, 4) is 0 Å². The van der Waals surface area contributed by atoms with Crippen molar-refractivity contribution < 1.29 is 26.7 Å². The summed E-state index contributed by atoms with van der Waals surface area (Å²) >= 11 is 0. The number of carbonyl (C=O) groups excluding carboxylic acids is 3. The van der Waals surface area contributed by atoms with Gasteiger partial charge in [-0.1, -0.05) is 13.8 Å². The first-order valence-electron chi connectivity index (χ1n) is 10.3. The Balaban J connectivity index is 0.00000450. The molecule has 0 aromatic heterocycles. The first-order valence-corrected chi connectivity index (χ1v) is 10.3. The Morgan fingerprint density at radius 3 is 2.52 bits per heavy atom. The van der Waals surface area contributed by atoms with Crippen LogP contribution in [-0.2, 0) is 23.9 Å². The van der Waals surface area contributed by atoms with Crippen molar-refractivity contribution in [2.75, 3.05) is 26.4 Å². The molecule has 0 aromatic rings. The third kappa shape index (κ3) is 7.08. The second-order valence-electron chi connectivity index (χ2n) is 8.50. The third-order valence-electron chi connectivity index (χ3n) is 5.25. The molecule has 0 radical (unpaired) electrons. The highest BCUT2D eigenvalue weighted by Gasteiger charge is 2.58. The van der Waals surface area contributed by atoms with Gasteiger partial charge in [0, 0.05) is 27.4 Å². The van der Waals surface area contributed by atoms with E-state index in [0.717, 1.165) is 0 Å². The molecule has 168 valence electrons. The first-order chi connectivity index (χ1) is 13.7. The maximum Gasteiger partial charge on any atom is 0.322 e. The van der Waals surface area contributed by atoms with Crippen LogP contribution in [-0.4, -0.2) is 61.9 Å². The van der Waals surface area contributed by atoms with Gasteiger partial charge in [-0.3, -0.25) is 14.4 Å². The summed E-state index contributed by atoms with van der Waals surface area (Å²) in [5.74, 6) is -0.220. The second kappa shape index (κ2) is 10.7. The van der Waals surface area contributed by atoms with Gasteiger partial charge in [-0.2, -0.15) is 0 Å². The SMILES string of the molecule is CC(=N)C[C@H](NC(=O)C1[C@H]2COC[C@@H]12)C(=O)NCCC[C@H](N)C(=O)OCC(C)C.[HH].[HH]. The topological polar surface area (TPSA) is 144 Å². The zero-order valence-electron chi connectivity index (χ0n) is 17.5. The van der Waals surface area contributed by atoms with Crippen LogP contribution in [0.2, 0.25) is 0 Å². The average molecular weight is 415 g/mol. The minimum atomic E-state index is -0.771. The summed E-state index contributed by atoms with van der Waals surface area (Å²) in [4.78, 5) is 36.7. The minimum absolute atomic E-state index is 0. The molecule has 9 nitrogen and oxygen atoms in total. The van der Waals surface area contributed by atoms with Crippen molar-refractivity contribution in [2.45, 2.75) is 52.1 Å². The van der Waals surface area contributed by atoms with Gasteiger partial charge < -0.3 is 31.3 Å². The van der Waals surface area contributed by atoms with E-state index in [9.17, 15) is 14.4 Å². The molecular weight excluding hydrogens is 376 g/mol. The van der Waals surface area contributed by atoms with Crippen molar-refractivity contribution in [1.29, 1.82) is 5.41 Å². The minimum Gasteiger partial charge on any atom is -0.464 e. The summed E-state index contributed by atoms with van der Waals surface area (Å²) in [6, 6.07) is -1.49. The molecule has 1 aliphatic heterocycles. The smallest absolute Gasteiger partial charge is 0.322 e. The Morgan fingerprint density at radius 2 is 1.93 bits per heavy atom. The van der Waals surface area contributed by atoms with E-state index in [1.54, 1.807) is 6.92 Å². The molecule has 2 fully saturated rings. The lowest BCUT2D eigenvalue weighted by atomic mass is 10.1. The lowest BCUT2D eigenvalue weighted by Gasteiger charge is -2.19. The van der Waals surface area contributed by atoms with Gasteiger partial charge in [0.05, 0.1) is 19.8 Å². The van der Waals surface area contributed by atoms with Crippen LogP contribution in [0.3, 0.4) is 0 Å². The Bertz CT molecular complexity index is 625. The van der Waals surface area contributed by atoms with Gasteiger partial charge in [-0.15, -0.1) is 0 Å². The zero-order valence-corrected chi connectivity index (χ0v) is 17.5. The monoisotopic (exact) mass is 414 g/mol. The Hall–Kier alpha value is -2.00. The van der Waals surface area contributed by atoms with Gasteiger partial charge in [0.15, 0.2) is 0 Å². The average Bonchev–Trinajstić information content (AvgIpc) is 3.14. The number of nitrogens with one attached hydrogen (secondary N) is 3. The third-order valence-corrected chi connectivity index (χ3v) is 5.25. The Labute approximate surface area is 174 Å². The van der Waals surface area contributed by atoms with E-state index in [4.69, 9.17) is 20.6 Å². The number of rotatable bonds is 12. The van der Waals surface area contributed by atoms with E-state index in [2.05, 4.69) is 10.6 Å². The van der Waals surface area contributed by atoms with Crippen molar-refractivity contribution >= 4 is 23.5 Å². The van der Waals surface area contributed by atoms with E-state index in [1.807, 2.05) is 13.8 Å². The molecule has 2 rings (SSSR count). The highest BCUT2D eigenvalue weighted by Crippen LogP contribution is 2.50. The number of hydrogen-bond donors (Lipinski definition) is 4. The van der Waals surface area contributed by atoms with E-state index in [-0.39, 0.29) is 44.8 Å². The van der Waals surface area contributed by atoms with Crippen LogP contribution in [0.4, 0.5) is 0 Å². The number of fused-ring (bicyclic) bond motifs is 1. The van der Waals surface area contributed by atoms with Crippen molar-refractivity contribution in [3.05, 3.63) is 0 Å². The van der Waals surface area contributed by atoms with Gasteiger partial charge in [-0.05, 0) is 37.5 Å². The fourth-order valence-electron chi connectivity index (χ4n) is 3.54. The fourth-order valence-corrected chi connectivity index (χ4v) is 3.54. The normalized spacial score (nSPS) is 24.4. The number of esters is 1. The van der Waals surface area contributed by atoms with E-state index in [1.165, 1.54) is 0 Å².